The molecule has 1 atom stereocenters. The van der Waals surface area contributed by atoms with Crippen LogP contribution in [0.1, 0.15) is 30.8 Å². The van der Waals surface area contributed by atoms with Gasteiger partial charge in [-0.3, -0.25) is 14.8 Å². The van der Waals surface area contributed by atoms with E-state index in [9.17, 15) is 18.4 Å². The predicted octanol–water partition coefficient (Wildman–Crippen LogP) is 2.78. The molecule has 0 bridgehead atoms. The maximum absolute atomic E-state index is 13.6. The Balaban J connectivity index is 1.83. The summed E-state index contributed by atoms with van der Waals surface area (Å²) < 4.78 is 33.5. The van der Waals surface area contributed by atoms with Crippen LogP contribution in [0.25, 0.3) is 0 Å². The van der Waals surface area contributed by atoms with E-state index < -0.39 is 29.2 Å². The molecule has 1 unspecified atom stereocenters. The van der Waals surface area contributed by atoms with Crippen molar-refractivity contribution in [1.29, 1.82) is 0 Å². The van der Waals surface area contributed by atoms with E-state index in [-0.39, 0.29) is 30.2 Å². The number of pyridine rings is 2. The molecule has 0 fully saturated rings. The average Bonchev–Trinajstić information content (AvgIpc) is 2.61. The number of aryl methyl sites for hydroxylation is 1. The van der Waals surface area contributed by atoms with Crippen LogP contribution in [0.3, 0.4) is 0 Å². The standard InChI is InChI=1S/C19H17F2N3O4/c1-10-7-22-15(19(26)27)6-17(10)24-11(2)3-13(5-18(24)25)28-9-16-14(21)4-12(20)8-23-16/h3-5,7-8,17H,6,9H2,1-2H3,(H,26,27). The third-order valence-corrected chi connectivity index (χ3v) is 4.39. The summed E-state index contributed by atoms with van der Waals surface area (Å²) in [4.78, 5) is 31.4. The SMILES string of the molecule is CC1=CN=C(C(=O)O)CC1n1c(C)cc(OCc2ncc(F)cc2F)cc1=O. The summed E-state index contributed by atoms with van der Waals surface area (Å²) in [5, 5.41) is 9.16. The molecular formula is C19H17F2N3O4. The fraction of sp³-hybridized carbons (Fsp3) is 0.263. The molecule has 0 spiro atoms. The minimum atomic E-state index is -1.13. The smallest absolute Gasteiger partial charge is 0.350 e. The van der Waals surface area contributed by atoms with Crippen molar-refractivity contribution in [2.75, 3.05) is 0 Å². The molecule has 0 saturated heterocycles. The maximum atomic E-state index is 13.6. The largest absolute Gasteiger partial charge is 0.487 e. The minimum Gasteiger partial charge on any atom is -0.487 e. The Morgan fingerprint density at radius 1 is 1.32 bits per heavy atom. The lowest BCUT2D eigenvalue weighted by molar-refractivity contribution is -0.129. The second-order valence-electron chi connectivity index (χ2n) is 6.39. The van der Waals surface area contributed by atoms with Crippen LogP contribution in [-0.4, -0.2) is 26.3 Å². The van der Waals surface area contributed by atoms with Crippen LogP contribution in [0.5, 0.6) is 5.75 Å². The molecule has 0 aromatic carbocycles. The zero-order chi connectivity index (χ0) is 20.4. The molecule has 1 aliphatic heterocycles. The van der Waals surface area contributed by atoms with Crippen molar-refractivity contribution in [1.82, 2.24) is 9.55 Å². The first-order chi connectivity index (χ1) is 13.3. The normalized spacial score (nSPS) is 16.4. The fourth-order valence-electron chi connectivity index (χ4n) is 2.97. The lowest BCUT2D eigenvalue weighted by atomic mass is 9.99. The second-order valence-corrected chi connectivity index (χ2v) is 6.39. The molecule has 1 N–H and O–H groups in total. The van der Waals surface area contributed by atoms with Crippen LogP contribution in [0, 0.1) is 18.6 Å². The zero-order valence-corrected chi connectivity index (χ0v) is 15.1. The first-order valence-electron chi connectivity index (χ1n) is 8.39. The highest BCUT2D eigenvalue weighted by Crippen LogP contribution is 2.27. The predicted molar refractivity (Wildman–Crippen MR) is 96.4 cm³/mol. The van der Waals surface area contributed by atoms with E-state index in [1.807, 2.05) is 0 Å². The van der Waals surface area contributed by atoms with E-state index in [2.05, 4.69) is 9.98 Å². The van der Waals surface area contributed by atoms with E-state index >= 15 is 0 Å². The summed E-state index contributed by atoms with van der Waals surface area (Å²) in [6.07, 6.45) is 2.41. The van der Waals surface area contributed by atoms with Gasteiger partial charge in [0.1, 0.15) is 29.6 Å². The third-order valence-electron chi connectivity index (χ3n) is 4.39. The minimum absolute atomic E-state index is 0.0277. The van der Waals surface area contributed by atoms with Gasteiger partial charge < -0.3 is 14.4 Å². The van der Waals surface area contributed by atoms with E-state index in [0.717, 1.165) is 11.8 Å². The van der Waals surface area contributed by atoms with Crippen LogP contribution < -0.4 is 10.3 Å². The number of nitrogens with zero attached hydrogens (tertiary/aromatic N) is 3. The molecule has 0 amide bonds. The van der Waals surface area contributed by atoms with Crippen molar-refractivity contribution in [3.05, 3.63) is 69.5 Å². The van der Waals surface area contributed by atoms with Crippen molar-refractivity contribution in [2.24, 2.45) is 4.99 Å². The van der Waals surface area contributed by atoms with Crippen LogP contribution in [0.4, 0.5) is 8.78 Å². The first-order valence-corrected chi connectivity index (χ1v) is 8.39. The Bertz CT molecular complexity index is 1060. The van der Waals surface area contributed by atoms with Gasteiger partial charge >= 0.3 is 5.97 Å². The lowest BCUT2D eigenvalue weighted by Crippen LogP contribution is -2.31. The molecule has 146 valence electrons. The first kappa shape index (κ1) is 19.4. The van der Waals surface area contributed by atoms with Crippen molar-refractivity contribution in [3.63, 3.8) is 0 Å². The number of aliphatic carboxylic acids is 1. The summed E-state index contributed by atoms with van der Waals surface area (Å²) in [5.41, 5.74) is 0.782. The number of carboxylic acids is 1. The van der Waals surface area contributed by atoms with E-state index in [1.165, 1.54) is 16.8 Å². The van der Waals surface area contributed by atoms with Gasteiger partial charge in [-0.05, 0) is 25.5 Å². The van der Waals surface area contributed by atoms with Crippen molar-refractivity contribution < 1.29 is 23.4 Å². The molecule has 28 heavy (non-hydrogen) atoms. The van der Waals surface area contributed by atoms with Gasteiger partial charge in [0, 0.05) is 30.4 Å². The quantitative estimate of drug-likeness (QED) is 0.849. The van der Waals surface area contributed by atoms with Crippen LogP contribution in [-0.2, 0) is 11.4 Å². The topological polar surface area (TPSA) is 93.8 Å². The number of carbonyl (C=O) groups is 1. The lowest BCUT2D eigenvalue weighted by Gasteiger charge is -2.25. The number of hydrogen-bond acceptors (Lipinski definition) is 5. The van der Waals surface area contributed by atoms with Crippen LogP contribution in [0.15, 0.2) is 46.0 Å². The number of aliphatic imine (C=N–C) groups is 1. The van der Waals surface area contributed by atoms with E-state index in [0.29, 0.717) is 11.8 Å². The van der Waals surface area contributed by atoms with Gasteiger partial charge in [-0.15, -0.1) is 0 Å². The highest BCUT2D eigenvalue weighted by atomic mass is 19.1. The molecule has 9 heteroatoms. The third kappa shape index (κ3) is 3.98. The summed E-state index contributed by atoms with van der Waals surface area (Å²) in [6.45, 7) is 3.18. The summed E-state index contributed by atoms with van der Waals surface area (Å²) in [6, 6.07) is 3.05. The van der Waals surface area contributed by atoms with E-state index in [4.69, 9.17) is 9.84 Å². The summed E-state index contributed by atoms with van der Waals surface area (Å²) in [5.74, 6) is -2.56. The number of carboxylic acid groups (broad SMARTS) is 1. The molecule has 2 aromatic heterocycles. The van der Waals surface area contributed by atoms with Crippen LogP contribution in [0.2, 0.25) is 0 Å². The highest BCUT2D eigenvalue weighted by molar-refractivity contribution is 6.36. The summed E-state index contributed by atoms with van der Waals surface area (Å²) in [7, 11) is 0. The Labute approximate surface area is 158 Å². The molecule has 0 aliphatic carbocycles. The van der Waals surface area contributed by atoms with Crippen molar-refractivity contribution in [3.8, 4) is 5.75 Å². The van der Waals surface area contributed by atoms with Gasteiger partial charge in [0.25, 0.3) is 5.56 Å². The molecule has 3 heterocycles. The van der Waals surface area contributed by atoms with Gasteiger partial charge in [0.05, 0.1) is 12.2 Å². The maximum Gasteiger partial charge on any atom is 0.350 e. The van der Waals surface area contributed by atoms with Crippen LogP contribution >= 0.6 is 0 Å². The fourth-order valence-corrected chi connectivity index (χ4v) is 2.97. The Hall–Kier alpha value is -3.36. The number of allylic oxidation sites excluding steroid dienone is 1. The summed E-state index contributed by atoms with van der Waals surface area (Å²) >= 11 is 0. The van der Waals surface area contributed by atoms with Gasteiger partial charge in [0.2, 0.25) is 0 Å². The second kappa shape index (κ2) is 7.71. The molecule has 0 saturated carbocycles. The van der Waals surface area contributed by atoms with Gasteiger partial charge in [0.15, 0.2) is 5.82 Å². The molecule has 2 aromatic rings. The van der Waals surface area contributed by atoms with Gasteiger partial charge in [-0.1, -0.05) is 0 Å². The zero-order valence-electron chi connectivity index (χ0n) is 15.1. The number of hydrogen-bond donors (Lipinski definition) is 1. The average molecular weight is 389 g/mol. The van der Waals surface area contributed by atoms with Gasteiger partial charge in [-0.25, -0.2) is 13.6 Å². The highest BCUT2D eigenvalue weighted by Gasteiger charge is 2.25. The molecule has 3 rings (SSSR count). The Morgan fingerprint density at radius 3 is 2.71 bits per heavy atom. The van der Waals surface area contributed by atoms with Gasteiger partial charge in [-0.2, -0.15) is 0 Å². The monoisotopic (exact) mass is 389 g/mol. The number of ether oxygens (including phenoxy) is 1. The van der Waals surface area contributed by atoms with Crippen molar-refractivity contribution >= 4 is 11.7 Å². The number of halogens is 2. The molecule has 0 radical (unpaired) electrons. The molecule has 7 nitrogen and oxygen atoms in total. The van der Waals surface area contributed by atoms with Crippen molar-refractivity contribution in [2.45, 2.75) is 32.9 Å². The molecular weight excluding hydrogens is 372 g/mol. The van der Waals surface area contributed by atoms with E-state index in [1.54, 1.807) is 19.9 Å². The number of rotatable bonds is 5. The Morgan fingerprint density at radius 2 is 2.07 bits per heavy atom. The molecule has 1 aliphatic rings. The number of aromatic nitrogens is 2. The Kier molecular flexibility index (Phi) is 5.34.